The van der Waals surface area contributed by atoms with E-state index in [0.29, 0.717) is 30.8 Å². The lowest BCUT2D eigenvalue weighted by Gasteiger charge is -2.37. The van der Waals surface area contributed by atoms with E-state index < -0.39 is 10.0 Å². The Morgan fingerprint density at radius 3 is 2.29 bits per heavy atom. The Morgan fingerprint density at radius 1 is 1.36 bits per heavy atom. The minimum Gasteiger partial charge on any atom is -0.213 e. The molecule has 1 fully saturated rings. The summed E-state index contributed by atoms with van der Waals surface area (Å²) in [6.45, 7) is 7.99. The van der Waals surface area contributed by atoms with Crippen LogP contribution in [0.5, 0.6) is 0 Å². The van der Waals surface area contributed by atoms with Gasteiger partial charge in [-0.05, 0) is 24.2 Å². The van der Waals surface area contributed by atoms with Gasteiger partial charge in [0.15, 0.2) is 0 Å². The fraction of sp³-hybridized carbons (Fsp3) is 1.00. The summed E-state index contributed by atoms with van der Waals surface area (Å²) in [4.78, 5) is 0. The Hall–Kier alpha value is -0.0900. The summed E-state index contributed by atoms with van der Waals surface area (Å²) in [5.41, 5.74) is 0. The first-order chi connectivity index (χ1) is 6.32. The number of piperidine rings is 1. The molecule has 0 aromatic heterocycles. The molecule has 0 aromatic rings. The minimum atomic E-state index is -2.97. The highest BCUT2D eigenvalue weighted by molar-refractivity contribution is 7.88. The Kier molecular flexibility index (Phi) is 3.58. The van der Waals surface area contributed by atoms with Gasteiger partial charge in [0.05, 0.1) is 6.26 Å². The van der Waals surface area contributed by atoms with Crippen molar-refractivity contribution in [3.8, 4) is 0 Å². The molecule has 0 aliphatic carbocycles. The normalized spacial score (nSPS) is 30.9. The SMILES string of the molecule is CC(C)C1CCN(S(C)(=O)=O)CC1C. The molecule has 1 saturated heterocycles. The number of rotatable bonds is 2. The molecule has 0 saturated carbocycles. The van der Waals surface area contributed by atoms with Crippen LogP contribution in [0.4, 0.5) is 0 Å². The van der Waals surface area contributed by atoms with Crippen LogP contribution in [-0.4, -0.2) is 32.1 Å². The third-order valence-electron chi connectivity index (χ3n) is 3.26. The van der Waals surface area contributed by atoms with E-state index in [1.54, 1.807) is 4.31 Å². The molecule has 0 aromatic carbocycles. The Bertz CT molecular complexity index is 284. The van der Waals surface area contributed by atoms with Crippen LogP contribution in [-0.2, 0) is 10.0 Å². The minimum absolute atomic E-state index is 0.485. The van der Waals surface area contributed by atoms with E-state index in [4.69, 9.17) is 0 Å². The Morgan fingerprint density at radius 2 is 1.93 bits per heavy atom. The number of hydrogen-bond donors (Lipinski definition) is 0. The number of sulfonamides is 1. The average molecular weight is 219 g/mol. The molecule has 0 bridgehead atoms. The highest BCUT2D eigenvalue weighted by atomic mass is 32.2. The first kappa shape index (κ1) is 12.0. The van der Waals surface area contributed by atoms with Gasteiger partial charge in [0.1, 0.15) is 0 Å². The Labute approximate surface area is 87.5 Å². The summed E-state index contributed by atoms with van der Waals surface area (Å²) < 4.78 is 24.3. The van der Waals surface area contributed by atoms with Gasteiger partial charge in [-0.1, -0.05) is 20.8 Å². The van der Waals surface area contributed by atoms with Gasteiger partial charge in [-0.3, -0.25) is 0 Å². The summed E-state index contributed by atoms with van der Waals surface area (Å²) in [5.74, 6) is 1.82. The van der Waals surface area contributed by atoms with E-state index in [-0.39, 0.29) is 0 Å². The molecular formula is C10H21NO2S. The predicted molar refractivity (Wildman–Crippen MR) is 58.5 cm³/mol. The lowest BCUT2D eigenvalue weighted by Crippen LogP contribution is -2.43. The number of hydrogen-bond acceptors (Lipinski definition) is 2. The van der Waals surface area contributed by atoms with Gasteiger partial charge in [-0.15, -0.1) is 0 Å². The lowest BCUT2D eigenvalue weighted by atomic mass is 9.80. The maximum Gasteiger partial charge on any atom is 0.211 e. The zero-order valence-electron chi connectivity index (χ0n) is 9.53. The van der Waals surface area contributed by atoms with E-state index in [9.17, 15) is 8.42 Å². The van der Waals surface area contributed by atoms with Crippen molar-refractivity contribution < 1.29 is 8.42 Å². The zero-order valence-corrected chi connectivity index (χ0v) is 10.3. The molecule has 4 heteroatoms. The summed E-state index contributed by atoms with van der Waals surface area (Å²) in [6.07, 6.45) is 2.31. The van der Waals surface area contributed by atoms with Gasteiger partial charge in [0.25, 0.3) is 0 Å². The van der Waals surface area contributed by atoms with Gasteiger partial charge in [0.2, 0.25) is 10.0 Å². The van der Waals surface area contributed by atoms with Crippen LogP contribution in [0.15, 0.2) is 0 Å². The van der Waals surface area contributed by atoms with Crippen molar-refractivity contribution in [2.45, 2.75) is 27.2 Å². The van der Waals surface area contributed by atoms with Gasteiger partial charge >= 0.3 is 0 Å². The smallest absolute Gasteiger partial charge is 0.211 e. The van der Waals surface area contributed by atoms with Gasteiger partial charge in [0, 0.05) is 13.1 Å². The molecule has 1 aliphatic heterocycles. The van der Waals surface area contributed by atoms with Crippen LogP contribution < -0.4 is 0 Å². The molecule has 3 nitrogen and oxygen atoms in total. The van der Waals surface area contributed by atoms with Crippen LogP contribution in [0, 0.1) is 17.8 Å². The average Bonchev–Trinajstić information content (AvgIpc) is 2.01. The van der Waals surface area contributed by atoms with E-state index in [0.717, 1.165) is 6.42 Å². The summed E-state index contributed by atoms with van der Waals surface area (Å²) in [7, 11) is -2.97. The fourth-order valence-corrected chi connectivity index (χ4v) is 3.36. The van der Waals surface area contributed by atoms with Gasteiger partial charge < -0.3 is 0 Å². The Balaban J connectivity index is 2.64. The second-order valence-electron chi connectivity index (χ2n) is 4.79. The number of nitrogens with zero attached hydrogens (tertiary/aromatic N) is 1. The molecule has 2 unspecified atom stereocenters. The lowest BCUT2D eigenvalue weighted by molar-refractivity contribution is 0.156. The first-order valence-corrected chi connectivity index (χ1v) is 7.12. The predicted octanol–water partition coefficient (Wildman–Crippen LogP) is 1.56. The van der Waals surface area contributed by atoms with E-state index >= 15 is 0 Å². The van der Waals surface area contributed by atoms with Crippen molar-refractivity contribution in [1.29, 1.82) is 0 Å². The van der Waals surface area contributed by atoms with E-state index in [1.165, 1.54) is 6.26 Å². The van der Waals surface area contributed by atoms with Crippen molar-refractivity contribution in [3.63, 3.8) is 0 Å². The monoisotopic (exact) mass is 219 g/mol. The molecule has 1 rings (SSSR count). The quantitative estimate of drug-likeness (QED) is 0.707. The molecule has 84 valence electrons. The van der Waals surface area contributed by atoms with Crippen LogP contribution >= 0.6 is 0 Å². The molecule has 14 heavy (non-hydrogen) atoms. The van der Waals surface area contributed by atoms with Crippen molar-refractivity contribution >= 4 is 10.0 Å². The van der Waals surface area contributed by atoms with Crippen LogP contribution in [0.2, 0.25) is 0 Å². The molecule has 1 heterocycles. The van der Waals surface area contributed by atoms with Crippen molar-refractivity contribution in [2.75, 3.05) is 19.3 Å². The van der Waals surface area contributed by atoms with Gasteiger partial charge in [-0.2, -0.15) is 0 Å². The third-order valence-corrected chi connectivity index (χ3v) is 4.53. The maximum absolute atomic E-state index is 11.3. The van der Waals surface area contributed by atoms with Gasteiger partial charge in [-0.25, -0.2) is 12.7 Å². The van der Waals surface area contributed by atoms with Crippen LogP contribution in [0.1, 0.15) is 27.2 Å². The standard InChI is InChI=1S/C10H21NO2S/c1-8(2)10-5-6-11(7-9(10)3)14(4,12)13/h8-10H,5-7H2,1-4H3. The van der Waals surface area contributed by atoms with Crippen molar-refractivity contribution in [2.24, 2.45) is 17.8 Å². The largest absolute Gasteiger partial charge is 0.213 e. The first-order valence-electron chi connectivity index (χ1n) is 5.27. The summed E-state index contributed by atoms with van der Waals surface area (Å²) >= 11 is 0. The molecule has 0 spiro atoms. The summed E-state index contributed by atoms with van der Waals surface area (Å²) in [6, 6.07) is 0. The second kappa shape index (κ2) is 4.19. The molecule has 1 aliphatic rings. The van der Waals surface area contributed by atoms with E-state index in [1.807, 2.05) is 0 Å². The zero-order chi connectivity index (χ0) is 10.9. The van der Waals surface area contributed by atoms with Crippen LogP contribution in [0.3, 0.4) is 0 Å². The van der Waals surface area contributed by atoms with E-state index in [2.05, 4.69) is 20.8 Å². The molecule has 0 N–H and O–H groups in total. The van der Waals surface area contributed by atoms with Crippen molar-refractivity contribution in [1.82, 2.24) is 4.31 Å². The maximum atomic E-state index is 11.3. The second-order valence-corrected chi connectivity index (χ2v) is 6.78. The topological polar surface area (TPSA) is 37.4 Å². The molecule has 0 radical (unpaired) electrons. The summed E-state index contributed by atoms with van der Waals surface area (Å²) in [5, 5.41) is 0. The highest BCUT2D eigenvalue weighted by Gasteiger charge is 2.31. The molecular weight excluding hydrogens is 198 g/mol. The fourth-order valence-electron chi connectivity index (χ4n) is 2.42. The van der Waals surface area contributed by atoms with Crippen molar-refractivity contribution in [3.05, 3.63) is 0 Å². The molecule has 2 atom stereocenters. The molecule has 0 amide bonds. The van der Waals surface area contributed by atoms with Crippen LogP contribution in [0.25, 0.3) is 0 Å². The third kappa shape index (κ3) is 2.70. The highest BCUT2D eigenvalue weighted by Crippen LogP contribution is 2.30.